The molecule has 0 spiro atoms. The van der Waals surface area contributed by atoms with Crippen LogP contribution in [-0.4, -0.2) is 37.7 Å². The number of amides is 3. The van der Waals surface area contributed by atoms with E-state index in [1.165, 1.54) is 31.5 Å². The smallest absolute Gasteiger partial charge is 0.416 e. The number of methoxy groups -OCH3 is 1. The maximum atomic E-state index is 12.5. The molecule has 0 fully saturated rings. The summed E-state index contributed by atoms with van der Waals surface area (Å²) in [5.74, 6) is -2.38. The zero-order chi connectivity index (χ0) is 23.0. The minimum absolute atomic E-state index is 0.00779. The Kier molecular flexibility index (Phi) is 7.55. The van der Waals surface area contributed by atoms with E-state index in [9.17, 15) is 27.6 Å². The highest BCUT2D eigenvalue weighted by molar-refractivity contribution is 6.39. The number of hydrogen-bond donors (Lipinski definition) is 3. The van der Waals surface area contributed by atoms with Gasteiger partial charge in [-0.25, -0.2) is 5.43 Å². The topological polar surface area (TPSA) is 132 Å². The second kappa shape index (κ2) is 10.1. The van der Waals surface area contributed by atoms with Crippen LogP contribution in [0, 0.1) is 0 Å². The fraction of sp³-hybridized carbons (Fsp3) is 0.158. The molecule has 0 aromatic heterocycles. The summed E-state index contributed by atoms with van der Waals surface area (Å²) in [5.41, 5.74) is 6.58. The lowest BCUT2D eigenvalue weighted by atomic mass is 10.2. The molecule has 0 bridgehead atoms. The fourth-order valence-electron chi connectivity index (χ4n) is 2.18. The first-order valence-corrected chi connectivity index (χ1v) is 8.51. The van der Waals surface area contributed by atoms with Crippen LogP contribution in [0.15, 0.2) is 47.6 Å². The molecule has 0 aliphatic heterocycles. The van der Waals surface area contributed by atoms with Crippen LogP contribution in [0.3, 0.4) is 0 Å². The molecule has 0 saturated heterocycles. The summed E-state index contributed by atoms with van der Waals surface area (Å²) >= 11 is 0. The summed E-state index contributed by atoms with van der Waals surface area (Å²) in [7, 11) is 1.38. The normalized spacial score (nSPS) is 11.1. The van der Waals surface area contributed by atoms with Gasteiger partial charge in [0.1, 0.15) is 0 Å². The maximum absolute atomic E-state index is 12.5. The lowest BCUT2D eigenvalue weighted by Crippen LogP contribution is -2.32. The largest absolute Gasteiger partial charge is 0.493 e. The van der Waals surface area contributed by atoms with Crippen LogP contribution in [0.25, 0.3) is 0 Å². The molecule has 31 heavy (non-hydrogen) atoms. The van der Waals surface area contributed by atoms with Crippen LogP contribution in [0.2, 0.25) is 0 Å². The van der Waals surface area contributed by atoms with Gasteiger partial charge in [-0.2, -0.15) is 18.3 Å². The van der Waals surface area contributed by atoms with Crippen molar-refractivity contribution in [2.75, 3.05) is 19.0 Å². The summed E-state index contributed by atoms with van der Waals surface area (Å²) in [5, 5.41) is 5.78. The second-order valence-electron chi connectivity index (χ2n) is 5.89. The third-order valence-corrected chi connectivity index (χ3v) is 3.61. The molecule has 2 aromatic carbocycles. The highest BCUT2D eigenvalue weighted by atomic mass is 19.4. The van der Waals surface area contributed by atoms with Crippen LogP contribution < -0.4 is 25.9 Å². The fourth-order valence-corrected chi connectivity index (χ4v) is 2.18. The second-order valence-corrected chi connectivity index (χ2v) is 5.89. The molecule has 2 aromatic rings. The van der Waals surface area contributed by atoms with Crippen molar-refractivity contribution in [1.82, 2.24) is 5.43 Å². The van der Waals surface area contributed by atoms with Crippen molar-refractivity contribution in [2.45, 2.75) is 6.18 Å². The molecule has 0 atom stereocenters. The number of hydrogen-bond acceptors (Lipinski definition) is 6. The number of carbonyl (C=O) groups excluding carboxylic acids is 3. The number of halogens is 3. The van der Waals surface area contributed by atoms with Crippen LogP contribution >= 0.6 is 0 Å². The summed E-state index contributed by atoms with van der Waals surface area (Å²) in [6.07, 6.45) is -3.30. The molecular formula is C19H17F3N4O5. The van der Waals surface area contributed by atoms with E-state index in [1.54, 1.807) is 0 Å². The number of alkyl halides is 3. The molecule has 0 saturated carbocycles. The third-order valence-electron chi connectivity index (χ3n) is 3.61. The van der Waals surface area contributed by atoms with Gasteiger partial charge in [-0.1, -0.05) is 0 Å². The Morgan fingerprint density at radius 1 is 1.06 bits per heavy atom. The van der Waals surface area contributed by atoms with Gasteiger partial charge in [0.05, 0.1) is 18.9 Å². The summed E-state index contributed by atoms with van der Waals surface area (Å²) < 4.78 is 47.9. The monoisotopic (exact) mass is 438 g/mol. The minimum Gasteiger partial charge on any atom is -0.493 e. The molecule has 0 aliphatic carbocycles. The third kappa shape index (κ3) is 7.03. The highest BCUT2D eigenvalue weighted by Crippen LogP contribution is 2.30. The Bertz CT molecular complexity index is 991. The summed E-state index contributed by atoms with van der Waals surface area (Å²) in [6, 6.07) is 8.11. The molecule has 0 heterocycles. The molecule has 12 heteroatoms. The van der Waals surface area contributed by atoms with Crippen LogP contribution in [-0.2, 0) is 20.6 Å². The van der Waals surface area contributed by atoms with Crippen molar-refractivity contribution in [1.29, 1.82) is 0 Å². The first kappa shape index (κ1) is 23.2. The molecule has 4 N–H and O–H groups in total. The summed E-state index contributed by atoms with van der Waals surface area (Å²) in [4.78, 5) is 34.4. The molecule has 0 aliphatic rings. The molecule has 0 unspecified atom stereocenters. The number of carbonyl (C=O) groups is 3. The molecule has 2 rings (SSSR count). The van der Waals surface area contributed by atoms with Crippen molar-refractivity contribution in [3.63, 3.8) is 0 Å². The first-order valence-electron chi connectivity index (χ1n) is 8.51. The lowest BCUT2D eigenvalue weighted by Gasteiger charge is -2.09. The molecule has 0 radical (unpaired) electrons. The average molecular weight is 438 g/mol. The number of nitrogens with one attached hydrogen (secondary N) is 2. The van der Waals surface area contributed by atoms with Gasteiger partial charge in [-0.05, 0) is 48.0 Å². The molecule has 9 nitrogen and oxygen atoms in total. The first-order chi connectivity index (χ1) is 14.6. The van der Waals surface area contributed by atoms with Gasteiger partial charge < -0.3 is 20.5 Å². The predicted octanol–water partition coefficient (Wildman–Crippen LogP) is 1.67. The number of anilines is 1. The summed E-state index contributed by atoms with van der Waals surface area (Å²) in [6.45, 7) is -0.339. The van der Waals surface area contributed by atoms with Crippen molar-refractivity contribution in [3.8, 4) is 11.5 Å². The quantitative estimate of drug-likeness (QED) is 0.344. The van der Waals surface area contributed by atoms with Gasteiger partial charge in [0.2, 0.25) is 0 Å². The van der Waals surface area contributed by atoms with Crippen molar-refractivity contribution in [3.05, 3.63) is 53.6 Å². The van der Waals surface area contributed by atoms with E-state index in [1.807, 2.05) is 5.43 Å². The van der Waals surface area contributed by atoms with E-state index in [-0.39, 0.29) is 23.8 Å². The van der Waals surface area contributed by atoms with E-state index in [4.69, 9.17) is 15.2 Å². The Morgan fingerprint density at radius 3 is 2.32 bits per heavy atom. The van der Waals surface area contributed by atoms with Crippen LogP contribution in [0.1, 0.15) is 11.1 Å². The van der Waals surface area contributed by atoms with Crippen molar-refractivity contribution in [2.24, 2.45) is 10.8 Å². The van der Waals surface area contributed by atoms with E-state index >= 15 is 0 Å². The van der Waals surface area contributed by atoms with E-state index in [2.05, 4.69) is 10.4 Å². The Labute approximate surface area is 174 Å². The van der Waals surface area contributed by atoms with Crippen molar-refractivity contribution >= 4 is 29.6 Å². The highest BCUT2D eigenvalue weighted by Gasteiger charge is 2.30. The molecule has 164 valence electrons. The van der Waals surface area contributed by atoms with Gasteiger partial charge in [0.25, 0.3) is 5.91 Å². The minimum atomic E-state index is -4.51. The van der Waals surface area contributed by atoms with E-state index < -0.39 is 29.5 Å². The van der Waals surface area contributed by atoms with Crippen LogP contribution in [0.5, 0.6) is 11.5 Å². The Morgan fingerprint density at radius 2 is 1.74 bits per heavy atom. The zero-order valence-corrected chi connectivity index (χ0v) is 16.0. The number of nitrogens with two attached hydrogens (primary N) is 1. The van der Waals surface area contributed by atoms with Gasteiger partial charge in [-0.15, -0.1) is 0 Å². The average Bonchev–Trinajstić information content (AvgIpc) is 2.72. The number of benzene rings is 2. The SMILES string of the molecule is COc1cc(/C=N/NC(=O)C(=O)Nc2ccc(C(F)(F)F)cc2)ccc1OCC(N)=O. The van der Waals surface area contributed by atoms with Crippen molar-refractivity contribution < 1.29 is 37.0 Å². The number of primary amides is 1. The number of nitrogens with zero attached hydrogens (tertiary/aromatic N) is 1. The Hall–Kier alpha value is -4.09. The molecular weight excluding hydrogens is 421 g/mol. The van der Waals surface area contributed by atoms with Crippen LogP contribution in [0.4, 0.5) is 18.9 Å². The predicted molar refractivity (Wildman–Crippen MR) is 103 cm³/mol. The molecule has 3 amide bonds. The lowest BCUT2D eigenvalue weighted by molar-refractivity contribution is -0.137. The zero-order valence-electron chi connectivity index (χ0n) is 16.0. The van der Waals surface area contributed by atoms with Gasteiger partial charge in [0, 0.05) is 5.69 Å². The standard InChI is InChI=1S/C19H17F3N4O5/c1-30-15-8-11(2-7-14(15)31-10-16(23)27)9-24-26-18(29)17(28)25-13-5-3-12(4-6-13)19(20,21)22/h2-9H,10H2,1H3,(H2,23,27)(H,25,28)(H,26,29)/b24-9+. The van der Waals surface area contributed by atoms with Gasteiger partial charge in [-0.3, -0.25) is 14.4 Å². The Balaban J connectivity index is 1.93. The number of rotatable bonds is 7. The van der Waals surface area contributed by atoms with E-state index in [0.29, 0.717) is 5.56 Å². The van der Waals surface area contributed by atoms with E-state index in [0.717, 1.165) is 24.3 Å². The van der Waals surface area contributed by atoms with Gasteiger partial charge in [0.15, 0.2) is 18.1 Å². The van der Waals surface area contributed by atoms with Gasteiger partial charge >= 0.3 is 18.0 Å². The number of hydrazone groups is 1. The maximum Gasteiger partial charge on any atom is 0.416 e. The number of ether oxygens (including phenoxy) is 2.